The molecule has 1 fully saturated rings. The van der Waals surface area contributed by atoms with Crippen molar-refractivity contribution in [3.05, 3.63) is 143 Å². The summed E-state index contributed by atoms with van der Waals surface area (Å²) in [6.45, 7) is 24.9. The van der Waals surface area contributed by atoms with Crippen LogP contribution in [-0.4, -0.2) is 16.8 Å². The van der Waals surface area contributed by atoms with E-state index in [9.17, 15) is 0 Å². The first-order valence-corrected chi connectivity index (χ1v) is 23.7. The maximum absolute atomic E-state index is 2.92. The monoisotopic (exact) mass is 809 g/mol. The third-order valence-electron chi connectivity index (χ3n) is 18.2. The summed E-state index contributed by atoms with van der Waals surface area (Å²) in [6.07, 6.45) is 7.14. The standard InChI is InChI=1S/C58H60BN3/c1-53(2,3)36-24-25-47-42(30-36)55(7)27-15-16-28-57(55,9)61(47)38-33-48-50-49(34-38)62-52-43(56(8)29-26-35-18-11-13-21-41(35)58(56,62)10)31-37(54(4,5)6)32-45(52)59(50)44-22-17-20-40-39-19-12-14-23-46(39)60(48)51(40)44/h11-14,17-25,30-34H,15-16,26-29H2,1-10H3. The molecule has 6 aliphatic rings. The van der Waals surface area contributed by atoms with Crippen LogP contribution in [0, 0.1) is 0 Å². The lowest BCUT2D eigenvalue weighted by atomic mass is 9.33. The van der Waals surface area contributed by atoms with E-state index in [1.54, 1.807) is 11.1 Å². The van der Waals surface area contributed by atoms with Crippen molar-refractivity contribution in [2.24, 2.45) is 0 Å². The first-order valence-electron chi connectivity index (χ1n) is 23.7. The van der Waals surface area contributed by atoms with Gasteiger partial charge in [-0.25, -0.2) is 0 Å². The molecular formula is C58H60BN3. The van der Waals surface area contributed by atoms with Gasteiger partial charge in [-0.1, -0.05) is 153 Å². The van der Waals surface area contributed by atoms with Crippen molar-refractivity contribution in [1.29, 1.82) is 0 Å². The maximum atomic E-state index is 2.92. The zero-order valence-electron chi connectivity index (χ0n) is 38.6. The van der Waals surface area contributed by atoms with E-state index in [0.29, 0.717) is 0 Å². The zero-order valence-corrected chi connectivity index (χ0v) is 38.6. The molecule has 1 saturated carbocycles. The van der Waals surface area contributed by atoms with Crippen LogP contribution < -0.4 is 26.2 Å². The summed E-state index contributed by atoms with van der Waals surface area (Å²) in [7, 11) is 0. The molecule has 4 atom stereocenters. The van der Waals surface area contributed by atoms with Crippen LogP contribution in [-0.2, 0) is 33.6 Å². The van der Waals surface area contributed by atoms with Gasteiger partial charge in [0, 0.05) is 55.6 Å². The Balaban J connectivity index is 1.20. The van der Waals surface area contributed by atoms with E-state index >= 15 is 0 Å². The van der Waals surface area contributed by atoms with Crippen molar-refractivity contribution in [2.45, 2.75) is 141 Å². The summed E-state index contributed by atoms with van der Waals surface area (Å²) >= 11 is 0. The molecule has 3 nitrogen and oxygen atoms in total. The molecule has 13 rings (SSSR count). The second-order valence-electron chi connectivity index (χ2n) is 23.2. The largest absolute Gasteiger partial charge is 0.334 e. The van der Waals surface area contributed by atoms with Crippen molar-refractivity contribution in [3.63, 3.8) is 0 Å². The van der Waals surface area contributed by atoms with E-state index in [-0.39, 0.29) is 39.5 Å². The average Bonchev–Trinajstić information content (AvgIpc) is 3.77. The Labute approximate surface area is 369 Å². The minimum atomic E-state index is -0.300. The van der Waals surface area contributed by atoms with Crippen LogP contribution in [0.2, 0.25) is 0 Å². The molecule has 0 saturated heterocycles. The summed E-state index contributed by atoms with van der Waals surface area (Å²) in [6, 6.07) is 44.0. The Morgan fingerprint density at radius 1 is 0.548 bits per heavy atom. The molecule has 2 aliphatic carbocycles. The molecule has 1 aromatic heterocycles. The van der Waals surface area contributed by atoms with Crippen molar-refractivity contribution in [1.82, 2.24) is 4.57 Å². The highest BCUT2D eigenvalue weighted by atomic mass is 15.3. The van der Waals surface area contributed by atoms with Crippen molar-refractivity contribution in [3.8, 4) is 5.69 Å². The van der Waals surface area contributed by atoms with Crippen molar-refractivity contribution >= 4 is 67.7 Å². The highest BCUT2D eigenvalue weighted by molar-refractivity contribution is 7.00. The fourth-order valence-corrected chi connectivity index (χ4v) is 14.5. The summed E-state index contributed by atoms with van der Waals surface area (Å²) in [4.78, 5) is 5.77. The first kappa shape index (κ1) is 37.3. The fourth-order valence-electron chi connectivity index (χ4n) is 14.5. The first-order chi connectivity index (χ1) is 29.5. The van der Waals surface area contributed by atoms with Crippen LogP contribution in [0.5, 0.6) is 0 Å². The van der Waals surface area contributed by atoms with Crippen LogP contribution >= 0.6 is 0 Å². The molecule has 0 bridgehead atoms. The lowest BCUT2D eigenvalue weighted by Gasteiger charge is -2.53. The molecule has 0 radical (unpaired) electrons. The number of para-hydroxylation sites is 2. The molecular weight excluding hydrogens is 749 g/mol. The Hall–Kier alpha value is -5.22. The Kier molecular flexibility index (Phi) is 6.91. The fraction of sp³-hybridized carbons (Fsp3) is 0.379. The molecule has 4 aliphatic heterocycles. The molecule has 6 aromatic carbocycles. The van der Waals surface area contributed by atoms with Crippen molar-refractivity contribution < 1.29 is 0 Å². The molecule has 62 heavy (non-hydrogen) atoms. The highest BCUT2D eigenvalue weighted by Crippen LogP contribution is 2.66. The predicted octanol–water partition coefficient (Wildman–Crippen LogP) is 12.5. The average molecular weight is 810 g/mol. The van der Waals surface area contributed by atoms with Gasteiger partial charge in [0.15, 0.2) is 0 Å². The van der Waals surface area contributed by atoms with Crippen molar-refractivity contribution in [2.75, 3.05) is 9.80 Å². The van der Waals surface area contributed by atoms with E-state index in [2.05, 4.69) is 193 Å². The highest BCUT2D eigenvalue weighted by Gasteiger charge is 2.64. The van der Waals surface area contributed by atoms with Crippen LogP contribution in [0.25, 0.3) is 27.5 Å². The van der Waals surface area contributed by atoms with E-state index in [1.807, 2.05) is 0 Å². The number of aromatic nitrogens is 1. The van der Waals surface area contributed by atoms with Gasteiger partial charge in [0.05, 0.1) is 16.6 Å². The maximum Gasteiger partial charge on any atom is 0.252 e. The lowest BCUT2D eigenvalue weighted by Crippen LogP contribution is -2.63. The minimum Gasteiger partial charge on any atom is -0.334 e. The molecule has 310 valence electrons. The Morgan fingerprint density at radius 2 is 1.26 bits per heavy atom. The third kappa shape index (κ3) is 4.18. The topological polar surface area (TPSA) is 11.4 Å². The minimum absolute atomic E-state index is 0.00108. The number of hydrogen-bond acceptors (Lipinski definition) is 2. The molecule has 4 heteroatoms. The summed E-state index contributed by atoms with van der Waals surface area (Å²) < 4.78 is 2.69. The van der Waals surface area contributed by atoms with Gasteiger partial charge in [0.1, 0.15) is 0 Å². The quantitative estimate of drug-likeness (QED) is 0.153. The van der Waals surface area contributed by atoms with E-state index < -0.39 is 0 Å². The summed E-state index contributed by atoms with van der Waals surface area (Å²) in [5.74, 6) is 0. The van der Waals surface area contributed by atoms with Gasteiger partial charge in [0.25, 0.3) is 6.71 Å². The number of anilines is 4. The molecule has 4 unspecified atom stereocenters. The Morgan fingerprint density at radius 3 is 2.06 bits per heavy atom. The van der Waals surface area contributed by atoms with Crippen LogP contribution in [0.3, 0.4) is 0 Å². The third-order valence-corrected chi connectivity index (χ3v) is 18.2. The molecule has 0 amide bonds. The van der Waals surface area contributed by atoms with Gasteiger partial charge in [-0.3, -0.25) is 0 Å². The van der Waals surface area contributed by atoms with Gasteiger partial charge in [0.2, 0.25) is 0 Å². The normalized spacial score (nSPS) is 26.3. The second kappa shape index (κ2) is 11.5. The lowest BCUT2D eigenvalue weighted by molar-refractivity contribution is 0.194. The van der Waals surface area contributed by atoms with Gasteiger partial charge in [-0.15, -0.1) is 0 Å². The number of aryl methyl sites for hydroxylation is 1. The molecule has 5 heterocycles. The van der Waals surface area contributed by atoms with E-state index in [0.717, 1.165) is 12.8 Å². The van der Waals surface area contributed by atoms with Crippen LogP contribution in [0.15, 0.2) is 109 Å². The van der Waals surface area contributed by atoms with Crippen LogP contribution in [0.1, 0.15) is 135 Å². The van der Waals surface area contributed by atoms with E-state index in [1.165, 1.54) is 115 Å². The van der Waals surface area contributed by atoms with Gasteiger partial charge in [-0.2, -0.15) is 0 Å². The van der Waals surface area contributed by atoms with Gasteiger partial charge < -0.3 is 14.4 Å². The number of benzene rings is 6. The number of hydrogen-bond donors (Lipinski definition) is 0. The molecule has 0 spiro atoms. The number of fused-ring (bicyclic) bond motifs is 15. The number of rotatable bonds is 1. The SMILES string of the molecule is CC(C)(C)c1ccc2c(c1)C1(C)CCCCC1(C)N2c1cc2c3c(c1)-n1c4ccccc4c4cccc(c41)B3c1cc(C(C)(C)C)cc3c1N2C1(C)c2ccccc2CCC31C. The van der Waals surface area contributed by atoms with Gasteiger partial charge >= 0.3 is 0 Å². The molecule has 0 N–H and O–H groups in total. The predicted molar refractivity (Wildman–Crippen MR) is 264 cm³/mol. The van der Waals surface area contributed by atoms with Crippen LogP contribution in [0.4, 0.5) is 22.7 Å². The molecule has 7 aromatic rings. The summed E-state index contributed by atoms with van der Waals surface area (Å²) in [5, 5.41) is 2.69. The number of nitrogens with zero attached hydrogens (tertiary/aromatic N) is 3. The summed E-state index contributed by atoms with van der Waals surface area (Å²) in [5.41, 5.74) is 22.6. The smallest absolute Gasteiger partial charge is 0.252 e. The second-order valence-corrected chi connectivity index (χ2v) is 23.2. The van der Waals surface area contributed by atoms with E-state index in [4.69, 9.17) is 0 Å². The zero-order chi connectivity index (χ0) is 42.7. The Bertz CT molecular complexity index is 3160. The van der Waals surface area contributed by atoms with Gasteiger partial charge in [-0.05, 0) is 124 Å².